The van der Waals surface area contributed by atoms with E-state index in [9.17, 15) is 14.7 Å². The van der Waals surface area contributed by atoms with Crippen molar-refractivity contribution in [2.45, 2.75) is 95.5 Å². The molecule has 1 N–H and O–H groups in total. The fraction of sp³-hybridized carbons (Fsp3) is 0.655. The van der Waals surface area contributed by atoms with Gasteiger partial charge in [-0.25, -0.2) is 9.59 Å². The number of ether oxygens (including phenoxy) is 6. The molecule has 0 amide bonds. The Morgan fingerprint density at radius 1 is 1.03 bits per heavy atom. The van der Waals surface area contributed by atoms with Crippen LogP contribution in [0, 0.1) is 10.8 Å². The minimum atomic E-state index is -1.14. The number of carbonyl (C=O) groups is 2. The number of esters is 2. The van der Waals surface area contributed by atoms with E-state index in [1.54, 1.807) is 25.2 Å². The van der Waals surface area contributed by atoms with Gasteiger partial charge >= 0.3 is 11.9 Å². The lowest BCUT2D eigenvalue weighted by Crippen LogP contribution is -2.66. The molecule has 0 radical (unpaired) electrons. The summed E-state index contributed by atoms with van der Waals surface area (Å²) in [6, 6.07) is 0. The predicted octanol–water partition coefficient (Wildman–Crippen LogP) is 2.68. The fourth-order valence-electron chi connectivity index (χ4n) is 7.29. The van der Waals surface area contributed by atoms with Gasteiger partial charge in [0.2, 0.25) is 0 Å². The highest BCUT2D eigenvalue weighted by Crippen LogP contribution is 2.72. The maximum absolute atomic E-state index is 13.1. The molecular weight excluding hydrogens is 492 g/mol. The van der Waals surface area contributed by atoms with Crippen molar-refractivity contribution in [3.63, 3.8) is 0 Å². The van der Waals surface area contributed by atoms with Crippen LogP contribution in [0.5, 0.6) is 0 Å². The second kappa shape index (κ2) is 9.13. The predicted molar refractivity (Wildman–Crippen MR) is 134 cm³/mol. The Morgan fingerprint density at radius 3 is 2.58 bits per heavy atom. The number of hydrogen-bond acceptors (Lipinski definition) is 9. The van der Waals surface area contributed by atoms with Crippen LogP contribution in [-0.4, -0.2) is 78.8 Å². The largest absolute Gasteiger partial charge is 0.462 e. The standard InChI is InChI=1S/C29H36O9/c1-16-9-10-28-14-33-24(31)12-17(2)25(32)26-35-18(3)19(36-26)7-5-6-8-23(30)38-20-13-22(37-21(28)11-16)29(15-34-29)27(20,28)4/h5-8,11-12,18-22,25-26,32H,9-10,13-15H2,1-4H3/b7-5+,8-6-,17-12-/t18?,19?,20-,21-,22-,25?,26?,27-,28-,29?/m1/s1. The Morgan fingerprint density at radius 2 is 1.82 bits per heavy atom. The van der Waals surface area contributed by atoms with Gasteiger partial charge in [0.05, 0.1) is 30.3 Å². The molecule has 4 fully saturated rings. The van der Waals surface area contributed by atoms with Crippen molar-refractivity contribution in [3.8, 4) is 0 Å². The van der Waals surface area contributed by atoms with Crippen LogP contribution in [0.4, 0.5) is 0 Å². The van der Waals surface area contributed by atoms with Gasteiger partial charge in [-0.1, -0.05) is 36.8 Å². The molecule has 4 heterocycles. The van der Waals surface area contributed by atoms with Crippen LogP contribution >= 0.6 is 0 Å². The molecule has 38 heavy (non-hydrogen) atoms. The van der Waals surface area contributed by atoms with Crippen molar-refractivity contribution < 1.29 is 43.1 Å². The van der Waals surface area contributed by atoms with Gasteiger partial charge in [0.25, 0.3) is 0 Å². The summed E-state index contributed by atoms with van der Waals surface area (Å²) in [5.74, 6) is -1.03. The van der Waals surface area contributed by atoms with E-state index < -0.39 is 53.0 Å². The molecule has 4 bridgehead atoms. The third-order valence-corrected chi connectivity index (χ3v) is 9.76. The number of rotatable bonds is 0. The number of aliphatic hydroxyl groups is 1. The van der Waals surface area contributed by atoms with Gasteiger partial charge in [-0.05, 0) is 39.2 Å². The van der Waals surface area contributed by atoms with Crippen LogP contribution in [0.25, 0.3) is 0 Å². The molecule has 9 nitrogen and oxygen atoms in total. The van der Waals surface area contributed by atoms with E-state index in [4.69, 9.17) is 28.4 Å². The number of aliphatic hydroxyl groups excluding tert-OH is 1. The van der Waals surface area contributed by atoms with E-state index in [0.717, 1.165) is 6.42 Å². The highest BCUT2D eigenvalue weighted by molar-refractivity contribution is 5.83. The van der Waals surface area contributed by atoms with Crippen molar-refractivity contribution in [2.24, 2.45) is 10.8 Å². The molecule has 5 unspecified atom stereocenters. The molecule has 4 aliphatic heterocycles. The molecule has 2 spiro atoms. The first kappa shape index (κ1) is 26.0. The summed E-state index contributed by atoms with van der Waals surface area (Å²) >= 11 is 0. The van der Waals surface area contributed by atoms with Gasteiger partial charge in [-0.15, -0.1) is 0 Å². The summed E-state index contributed by atoms with van der Waals surface area (Å²) < 4.78 is 36.4. The highest BCUT2D eigenvalue weighted by Gasteiger charge is 2.83. The highest BCUT2D eigenvalue weighted by atomic mass is 16.7. The van der Waals surface area contributed by atoms with Gasteiger partial charge in [0, 0.05) is 24.0 Å². The second-order valence-electron chi connectivity index (χ2n) is 11.8. The Kier molecular flexibility index (Phi) is 6.23. The lowest BCUT2D eigenvalue weighted by atomic mass is 9.51. The van der Waals surface area contributed by atoms with E-state index >= 15 is 0 Å². The van der Waals surface area contributed by atoms with Crippen molar-refractivity contribution >= 4 is 11.9 Å². The molecule has 3 saturated heterocycles. The average molecular weight is 529 g/mol. The summed E-state index contributed by atoms with van der Waals surface area (Å²) in [5, 5.41) is 10.8. The smallest absolute Gasteiger partial charge is 0.331 e. The summed E-state index contributed by atoms with van der Waals surface area (Å²) in [6.07, 6.45) is 8.09. The summed E-state index contributed by atoms with van der Waals surface area (Å²) in [5.41, 5.74) is -0.284. The lowest BCUT2D eigenvalue weighted by Gasteiger charge is -2.58. The average Bonchev–Trinajstić information content (AvgIpc) is 3.57. The van der Waals surface area contributed by atoms with Crippen molar-refractivity contribution in [3.05, 3.63) is 47.6 Å². The number of hydrogen-bond donors (Lipinski definition) is 1. The molecule has 2 aliphatic carbocycles. The zero-order valence-corrected chi connectivity index (χ0v) is 22.3. The number of fused-ring (bicyclic) bond motifs is 2. The third kappa shape index (κ3) is 3.78. The Hall–Kier alpha value is -2.30. The van der Waals surface area contributed by atoms with Gasteiger partial charge < -0.3 is 33.5 Å². The summed E-state index contributed by atoms with van der Waals surface area (Å²) in [6.45, 7) is 8.24. The number of epoxide rings is 1. The Bertz CT molecular complexity index is 1130. The van der Waals surface area contributed by atoms with Crippen LogP contribution in [0.3, 0.4) is 0 Å². The molecule has 6 aliphatic rings. The van der Waals surface area contributed by atoms with E-state index in [2.05, 4.69) is 19.9 Å². The molecular formula is C29H36O9. The van der Waals surface area contributed by atoms with Crippen LogP contribution in [0.1, 0.15) is 47.0 Å². The molecule has 1 saturated carbocycles. The lowest BCUT2D eigenvalue weighted by molar-refractivity contribution is -0.232. The van der Waals surface area contributed by atoms with Gasteiger partial charge in [0.1, 0.15) is 30.5 Å². The van der Waals surface area contributed by atoms with E-state index in [1.165, 1.54) is 17.7 Å². The zero-order valence-electron chi connectivity index (χ0n) is 22.3. The molecule has 0 aromatic heterocycles. The van der Waals surface area contributed by atoms with Crippen LogP contribution < -0.4 is 0 Å². The van der Waals surface area contributed by atoms with Crippen LogP contribution in [-0.2, 0) is 38.0 Å². The molecule has 0 aromatic carbocycles. The number of allylic oxidation sites excluding steroid dienone is 3. The first-order valence-corrected chi connectivity index (χ1v) is 13.5. The molecule has 0 aromatic rings. The minimum Gasteiger partial charge on any atom is -0.462 e. The van der Waals surface area contributed by atoms with Gasteiger partial charge in [0.15, 0.2) is 6.29 Å². The summed E-state index contributed by atoms with van der Waals surface area (Å²) in [7, 11) is 0. The van der Waals surface area contributed by atoms with Crippen LogP contribution in [0.2, 0.25) is 0 Å². The molecule has 6 rings (SSSR count). The van der Waals surface area contributed by atoms with Crippen molar-refractivity contribution in [1.29, 1.82) is 0 Å². The molecule has 9 heteroatoms. The normalized spacial score (nSPS) is 51.4. The third-order valence-electron chi connectivity index (χ3n) is 9.76. The SMILES string of the molecule is CC1=C[C@H]2O[C@@H]3C[C@H]4OC(=O)/C=C\C=C\C5OC(OC5C)C(O)/C(C)=C\C(=O)OC[C@@]2(CC1)[C@]4(C)C31CO1. The quantitative estimate of drug-likeness (QED) is 0.288. The van der Waals surface area contributed by atoms with Crippen molar-refractivity contribution in [1.82, 2.24) is 0 Å². The second-order valence-corrected chi connectivity index (χ2v) is 11.8. The monoisotopic (exact) mass is 528 g/mol. The van der Waals surface area contributed by atoms with E-state index in [1.807, 2.05) is 6.92 Å². The first-order chi connectivity index (χ1) is 18.1. The molecule has 206 valence electrons. The topological polar surface area (TPSA) is 113 Å². The maximum atomic E-state index is 13.1. The fourth-order valence-corrected chi connectivity index (χ4v) is 7.29. The van der Waals surface area contributed by atoms with Crippen LogP contribution in [0.15, 0.2) is 47.6 Å². The van der Waals surface area contributed by atoms with E-state index in [-0.39, 0.29) is 24.9 Å². The maximum Gasteiger partial charge on any atom is 0.331 e. The molecule has 10 atom stereocenters. The zero-order chi connectivity index (χ0) is 26.9. The minimum absolute atomic E-state index is 0.0661. The first-order valence-electron chi connectivity index (χ1n) is 13.5. The number of cyclic esters (lactones) is 1. The van der Waals surface area contributed by atoms with E-state index in [0.29, 0.717) is 25.0 Å². The van der Waals surface area contributed by atoms with Crippen molar-refractivity contribution in [2.75, 3.05) is 13.2 Å². The Balaban J connectivity index is 1.39. The van der Waals surface area contributed by atoms with Gasteiger partial charge in [-0.3, -0.25) is 0 Å². The Labute approximate surface area is 222 Å². The number of carbonyl (C=O) groups excluding carboxylic acids is 2. The summed E-state index contributed by atoms with van der Waals surface area (Å²) in [4.78, 5) is 26.0. The van der Waals surface area contributed by atoms with Gasteiger partial charge in [-0.2, -0.15) is 0 Å².